The Balaban J connectivity index is 2.43. The van der Waals surface area contributed by atoms with Crippen molar-refractivity contribution in [1.82, 2.24) is 14.5 Å². The third-order valence-corrected chi connectivity index (χ3v) is 5.92. The Bertz CT molecular complexity index is 622. The zero-order chi connectivity index (χ0) is 15.1. The van der Waals surface area contributed by atoms with E-state index in [1.807, 2.05) is 0 Å². The molecular weight excluding hydrogens is 284 g/mol. The Morgan fingerprint density at radius 2 is 2.25 bits per heavy atom. The molecule has 0 aromatic carbocycles. The van der Waals surface area contributed by atoms with Crippen LogP contribution in [-0.2, 0) is 16.9 Å². The standard InChI is InChI=1S/C11H18N4O4S/c1-11(12)8(4-3-5-15(11)10(16)17)20(18,19)9-6-14(2)7-13-9/h6-8H,3-5,12H2,1-2H3,(H,16,17). The van der Waals surface area contributed by atoms with Crippen LogP contribution < -0.4 is 5.73 Å². The summed E-state index contributed by atoms with van der Waals surface area (Å²) in [5.74, 6) is 0. The monoisotopic (exact) mass is 302 g/mol. The SMILES string of the molecule is Cn1cnc(S(=O)(=O)C2CCCN(C(=O)O)C2(C)N)c1. The molecule has 0 saturated carbocycles. The molecule has 0 spiro atoms. The molecule has 1 amide bonds. The van der Waals surface area contributed by atoms with Crippen LogP contribution in [-0.4, -0.2) is 51.5 Å². The molecule has 1 aromatic rings. The number of aryl methyl sites for hydroxylation is 1. The summed E-state index contributed by atoms with van der Waals surface area (Å²) in [5.41, 5.74) is 4.56. The number of imidazole rings is 1. The van der Waals surface area contributed by atoms with E-state index in [0.717, 1.165) is 4.90 Å². The molecule has 2 rings (SSSR count). The van der Waals surface area contributed by atoms with Crippen LogP contribution in [0, 0.1) is 0 Å². The van der Waals surface area contributed by atoms with Crippen molar-refractivity contribution in [2.24, 2.45) is 12.8 Å². The molecule has 1 fully saturated rings. The van der Waals surface area contributed by atoms with Crippen molar-refractivity contribution in [3.05, 3.63) is 12.5 Å². The molecule has 1 aliphatic rings. The zero-order valence-corrected chi connectivity index (χ0v) is 12.2. The lowest BCUT2D eigenvalue weighted by Crippen LogP contribution is -2.67. The molecule has 1 aliphatic heterocycles. The fourth-order valence-corrected chi connectivity index (χ4v) is 4.63. The fraction of sp³-hybridized carbons (Fsp3) is 0.636. The van der Waals surface area contributed by atoms with Gasteiger partial charge in [-0.05, 0) is 19.8 Å². The molecular formula is C11H18N4O4S. The number of amides is 1. The summed E-state index contributed by atoms with van der Waals surface area (Å²) in [5, 5.41) is 8.08. The Kier molecular flexibility index (Phi) is 3.51. The van der Waals surface area contributed by atoms with Gasteiger partial charge in [0.05, 0.1) is 6.33 Å². The molecule has 0 aliphatic carbocycles. The molecule has 1 aromatic heterocycles. The lowest BCUT2D eigenvalue weighted by atomic mass is 9.97. The number of nitrogens with two attached hydrogens (primary N) is 1. The smallest absolute Gasteiger partial charge is 0.408 e. The first-order valence-corrected chi connectivity index (χ1v) is 7.73. The highest BCUT2D eigenvalue weighted by molar-refractivity contribution is 7.92. The van der Waals surface area contributed by atoms with Gasteiger partial charge in [-0.15, -0.1) is 0 Å². The van der Waals surface area contributed by atoms with Gasteiger partial charge in [-0.2, -0.15) is 0 Å². The number of likely N-dealkylation sites (tertiary alicyclic amines) is 1. The lowest BCUT2D eigenvalue weighted by Gasteiger charge is -2.45. The van der Waals surface area contributed by atoms with E-state index in [0.29, 0.717) is 12.8 Å². The summed E-state index contributed by atoms with van der Waals surface area (Å²) in [6.07, 6.45) is 2.34. The van der Waals surface area contributed by atoms with Gasteiger partial charge in [0.1, 0.15) is 10.9 Å². The summed E-state index contributed by atoms with van der Waals surface area (Å²) in [6.45, 7) is 1.67. The van der Waals surface area contributed by atoms with Gasteiger partial charge in [-0.3, -0.25) is 4.90 Å². The summed E-state index contributed by atoms with van der Waals surface area (Å²) in [7, 11) is -2.11. The van der Waals surface area contributed by atoms with E-state index < -0.39 is 26.8 Å². The third-order valence-electron chi connectivity index (χ3n) is 3.66. The number of piperidine rings is 1. The third kappa shape index (κ3) is 2.27. The molecule has 20 heavy (non-hydrogen) atoms. The van der Waals surface area contributed by atoms with Gasteiger partial charge in [0.25, 0.3) is 0 Å². The van der Waals surface area contributed by atoms with Crippen LogP contribution >= 0.6 is 0 Å². The molecule has 8 nitrogen and oxygen atoms in total. The second-order valence-corrected chi connectivity index (χ2v) is 7.29. The molecule has 9 heteroatoms. The number of hydrogen-bond donors (Lipinski definition) is 2. The summed E-state index contributed by atoms with van der Waals surface area (Å²) >= 11 is 0. The molecule has 112 valence electrons. The normalized spacial score (nSPS) is 27.6. The number of nitrogens with zero attached hydrogens (tertiary/aromatic N) is 3. The summed E-state index contributed by atoms with van der Waals surface area (Å²) in [6, 6.07) is 0. The number of carbonyl (C=O) groups is 1. The summed E-state index contributed by atoms with van der Waals surface area (Å²) < 4.78 is 26.7. The zero-order valence-electron chi connectivity index (χ0n) is 11.4. The largest absolute Gasteiger partial charge is 0.465 e. The molecule has 0 bridgehead atoms. The first-order valence-electron chi connectivity index (χ1n) is 6.18. The second-order valence-electron chi connectivity index (χ2n) is 5.21. The maximum atomic E-state index is 12.6. The van der Waals surface area contributed by atoms with Gasteiger partial charge < -0.3 is 15.4 Å². The van der Waals surface area contributed by atoms with Gasteiger partial charge in [0.15, 0.2) is 5.03 Å². The van der Waals surface area contributed by atoms with Crippen LogP contribution in [0.1, 0.15) is 19.8 Å². The molecule has 1 saturated heterocycles. The average Bonchev–Trinajstić information content (AvgIpc) is 2.74. The molecule has 2 unspecified atom stereocenters. The Hall–Kier alpha value is -1.61. The average molecular weight is 302 g/mol. The van der Waals surface area contributed by atoms with Crippen LogP contribution in [0.2, 0.25) is 0 Å². The van der Waals surface area contributed by atoms with Gasteiger partial charge in [0.2, 0.25) is 9.84 Å². The van der Waals surface area contributed by atoms with Gasteiger partial charge in [-0.25, -0.2) is 18.2 Å². The van der Waals surface area contributed by atoms with E-state index in [1.165, 1.54) is 24.0 Å². The van der Waals surface area contributed by atoms with Crippen molar-refractivity contribution in [2.75, 3.05) is 6.54 Å². The van der Waals surface area contributed by atoms with Crippen molar-refractivity contribution in [2.45, 2.75) is 35.7 Å². The van der Waals surface area contributed by atoms with E-state index in [-0.39, 0.29) is 11.6 Å². The van der Waals surface area contributed by atoms with Crippen LogP contribution in [0.5, 0.6) is 0 Å². The van der Waals surface area contributed by atoms with E-state index in [9.17, 15) is 13.2 Å². The summed E-state index contributed by atoms with van der Waals surface area (Å²) in [4.78, 5) is 16.1. The van der Waals surface area contributed by atoms with Crippen molar-refractivity contribution in [3.8, 4) is 0 Å². The van der Waals surface area contributed by atoms with Crippen LogP contribution in [0.25, 0.3) is 0 Å². The van der Waals surface area contributed by atoms with Crippen LogP contribution in [0.15, 0.2) is 17.6 Å². The predicted octanol–water partition coefficient (Wildman–Crippen LogP) is 0.0111. The quantitative estimate of drug-likeness (QED) is 0.794. The van der Waals surface area contributed by atoms with Crippen LogP contribution in [0.3, 0.4) is 0 Å². The number of carboxylic acid groups (broad SMARTS) is 1. The van der Waals surface area contributed by atoms with Crippen molar-refractivity contribution >= 4 is 15.9 Å². The first kappa shape index (κ1) is 14.8. The molecule has 0 radical (unpaired) electrons. The second kappa shape index (κ2) is 4.74. The van der Waals surface area contributed by atoms with E-state index in [4.69, 9.17) is 10.8 Å². The number of sulfone groups is 1. The minimum absolute atomic E-state index is 0.0751. The fourth-order valence-electron chi connectivity index (χ4n) is 2.59. The first-order chi connectivity index (χ1) is 9.17. The molecule has 2 atom stereocenters. The molecule has 3 N–H and O–H groups in total. The maximum absolute atomic E-state index is 12.6. The van der Waals surface area contributed by atoms with Gasteiger partial charge in [-0.1, -0.05) is 0 Å². The van der Waals surface area contributed by atoms with Crippen LogP contribution in [0.4, 0.5) is 4.79 Å². The topological polar surface area (TPSA) is 119 Å². The highest BCUT2D eigenvalue weighted by atomic mass is 32.2. The van der Waals surface area contributed by atoms with Crippen molar-refractivity contribution in [3.63, 3.8) is 0 Å². The molecule has 2 heterocycles. The maximum Gasteiger partial charge on any atom is 0.408 e. The van der Waals surface area contributed by atoms with E-state index in [2.05, 4.69) is 4.98 Å². The Morgan fingerprint density at radius 3 is 2.75 bits per heavy atom. The lowest BCUT2D eigenvalue weighted by molar-refractivity contribution is 0.0637. The number of hydrogen-bond acceptors (Lipinski definition) is 5. The number of rotatable bonds is 2. The van der Waals surface area contributed by atoms with E-state index in [1.54, 1.807) is 7.05 Å². The Labute approximate surface area is 117 Å². The minimum atomic E-state index is -3.78. The highest BCUT2D eigenvalue weighted by Crippen LogP contribution is 2.32. The van der Waals surface area contributed by atoms with Gasteiger partial charge in [0, 0.05) is 19.8 Å². The highest BCUT2D eigenvalue weighted by Gasteiger charge is 2.49. The Morgan fingerprint density at radius 1 is 1.60 bits per heavy atom. The minimum Gasteiger partial charge on any atom is -0.465 e. The number of aromatic nitrogens is 2. The van der Waals surface area contributed by atoms with E-state index >= 15 is 0 Å². The van der Waals surface area contributed by atoms with Gasteiger partial charge >= 0.3 is 6.09 Å². The predicted molar refractivity (Wildman–Crippen MR) is 70.7 cm³/mol. The van der Waals surface area contributed by atoms with Crippen molar-refractivity contribution in [1.29, 1.82) is 0 Å². The van der Waals surface area contributed by atoms with Crippen molar-refractivity contribution < 1.29 is 18.3 Å².